The molecule has 4 nitrogen and oxygen atoms in total. The summed E-state index contributed by atoms with van der Waals surface area (Å²) in [6.07, 6.45) is 0.777. The van der Waals surface area contributed by atoms with Crippen molar-refractivity contribution in [1.29, 1.82) is 5.26 Å². The van der Waals surface area contributed by atoms with Gasteiger partial charge in [-0.25, -0.2) is 0 Å². The van der Waals surface area contributed by atoms with Crippen molar-refractivity contribution in [2.24, 2.45) is 5.10 Å². The highest BCUT2D eigenvalue weighted by Gasteiger charge is 2.33. The Morgan fingerprint density at radius 2 is 2.04 bits per heavy atom. The number of phenols is 1. The lowest BCUT2D eigenvalue weighted by Crippen LogP contribution is -2.24. The molecule has 23 heavy (non-hydrogen) atoms. The number of nitriles is 1. The summed E-state index contributed by atoms with van der Waals surface area (Å²) < 4.78 is 0.774. The second-order valence-corrected chi connectivity index (χ2v) is 6.50. The van der Waals surface area contributed by atoms with Gasteiger partial charge in [0.2, 0.25) is 0 Å². The van der Waals surface area contributed by atoms with E-state index in [1.165, 1.54) is 0 Å². The third-order valence-corrected chi connectivity index (χ3v) is 4.45. The van der Waals surface area contributed by atoms with Crippen LogP contribution in [0.2, 0.25) is 0 Å². The summed E-state index contributed by atoms with van der Waals surface area (Å²) in [6.45, 7) is 1.96. The van der Waals surface area contributed by atoms with Crippen molar-refractivity contribution in [3.8, 4) is 11.8 Å². The minimum Gasteiger partial charge on any atom is -0.508 e. The van der Waals surface area contributed by atoms with Crippen LogP contribution in [0.4, 0.5) is 0 Å². The van der Waals surface area contributed by atoms with Crippen molar-refractivity contribution in [1.82, 2.24) is 5.01 Å². The first-order valence-electron chi connectivity index (χ1n) is 7.35. The zero-order chi connectivity index (χ0) is 16.4. The quantitative estimate of drug-likeness (QED) is 0.863. The molecular formula is C18H16BrN3O. The smallest absolute Gasteiger partial charge is 0.162 e. The summed E-state index contributed by atoms with van der Waals surface area (Å²) >= 11 is 3.32. The molecule has 3 rings (SSSR count). The number of benzene rings is 2. The topological polar surface area (TPSA) is 59.6 Å². The summed E-state index contributed by atoms with van der Waals surface area (Å²) in [5.41, 5.74) is 2.66. The zero-order valence-corrected chi connectivity index (χ0v) is 14.2. The van der Waals surface area contributed by atoms with Crippen LogP contribution < -0.4 is 0 Å². The van der Waals surface area contributed by atoms with Crippen LogP contribution in [0.5, 0.6) is 5.75 Å². The Balaban J connectivity index is 2.00. The Morgan fingerprint density at radius 1 is 1.30 bits per heavy atom. The van der Waals surface area contributed by atoms with E-state index < -0.39 is 6.04 Å². The molecule has 5 heteroatoms. The van der Waals surface area contributed by atoms with Crippen molar-refractivity contribution in [2.45, 2.75) is 25.4 Å². The molecule has 0 fully saturated rings. The molecule has 1 aliphatic heterocycles. The van der Waals surface area contributed by atoms with Gasteiger partial charge in [0.1, 0.15) is 5.75 Å². The third kappa shape index (κ3) is 3.08. The van der Waals surface area contributed by atoms with Gasteiger partial charge < -0.3 is 5.11 Å². The van der Waals surface area contributed by atoms with E-state index in [1.54, 1.807) is 17.1 Å². The highest BCUT2D eigenvalue weighted by atomic mass is 79.9. The minimum atomic E-state index is -0.634. The molecule has 0 amide bonds. The lowest BCUT2D eigenvalue weighted by molar-refractivity contribution is 0.194. The van der Waals surface area contributed by atoms with Crippen LogP contribution in [-0.4, -0.2) is 15.8 Å². The van der Waals surface area contributed by atoms with Crippen molar-refractivity contribution in [3.63, 3.8) is 0 Å². The molecule has 1 aliphatic rings. The SMILES string of the molecule is CC1=NN(C(C#N)c2ccc(Br)cc2O)C(c2ccccc2)C1. The largest absolute Gasteiger partial charge is 0.508 e. The number of hydrazone groups is 1. The van der Waals surface area contributed by atoms with E-state index in [9.17, 15) is 10.4 Å². The van der Waals surface area contributed by atoms with Crippen LogP contribution >= 0.6 is 15.9 Å². The Kier molecular flexibility index (Phi) is 4.35. The number of phenolic OH excluding ortho intramolecular Hbond substituents is 1. The first-order chi connectivity index (χ1) is 11.1. The van der Waals surface area contributed by atoms with E-state index in [0.29, 0.717) is 5.56 Å². The molecule has 0 saturated carbocycles. The molecule has 2 aromatic rings. The van der Waals surface area contributed by atoms with Gasteiger partial charge in [-0.15, -0.1) is 0 Å². The predicted octanol–water partition coefficient (Wildman–Crippen LogP) is 4.54. The van der Waals surface area contributed by atoms with E-state index in [-0.39, 0.29) is 11.8 Å². The van der Waals surface area contributed by atoms with Crippen molar-refractivity contribution in [2.75, 3.05) is 0 Å². The first-order valence-corrected chi connectivity index (χ1v) is 8.15. The van der Waals surface area contributed by atoms with Crippen molar-refractivity contribution < 1.29 is 5.11 Å². The Labute approximate surface area is 143 Å². The van der Waals surface area contributed by atoms with Gasteiger partial charge in [-0.05, 0) is 24.6 Å². The number of aromatic hydroxyl groups is 1. The molecule has 0 aromatic heterocycles. The van der Waals surface area contributed by atoms with E-state index in [0.717, 1.165) is 22.2 Å². The number of rotatable bonds is 3. The maximum Gasteiger partial charge on any atom is 0.162 e. The van der Waals surface area contributed by atoms with E-state index in [1.807, 2.05) is 43.3 Å². The van der Waals surface area contributed by atoms with Gasteiger partial charge in [0.15, 0.2) is 6.04 Å². The van der Waals surface area contributed by atoms with Crippen LogP contribution in [0.1, 0.15) is 36.6 Å². The molecule has 2 atom stereocenters. The Hall–Kier alpha value is -2.32. The average Bonchev–Trinajstić information content (AvgIpc) is 2.93. The molecule has 2 unspecified atom stereocenters. The highest BCUT2D eigenvalue weighted by molar-refractivity contribution is 9.10. The number of hydrogen-bond donors (Lipinski definition) is 1. The van der Waals surface area contributed by atoms with Gasteiger partial charge in [-0.3, -0.25) is 5.01 Å². The van der Waals surface area contributed by atoms with Crippen LogP contribution in [0, 0.1) is 11.3 Å². The highest BCUT2D eigenvalue weighted by Crippen LogP contribution is 2.40. The molecule has 0 radical (unpaired) electrons. The fourth-order valence-corrected chi connectivity index (χ4v) is 3.23. The molecular weight excluding hydrogens is 354 g/mol. The number of hydrogen-bond acceptors (Lipinski definition) is 4. The molecule has 0 saturated heterocycles. The fraction of sp³-hybridized carbons (Fsp3) is 0.222. The summed E-state index contributed by atoms with van der Waals surface area (Å²) in [7, 11) is 0. The zero-order valence-electron chi connectivity index (χ0n) is 12.6. The maximum atomic E-state index is 10.2. The van der Waals surface area contributed by atoms with Gasteiger partial charge in [-0.1, -0.05) is 52.3 Å². The van der Waals surface area contributed by atoms with Crippen molar-refractivity contribution >= 4 is 21.6 Å². The minimum absolute atomic E-state index is 0.00361. The van der Waals surface area contributed by atoms with Gasteiger partial charge in [-0.2, -0.15) is 10.4 Å². The molecule has 0 bridgehead atoms. The van der Waals surface area contributed by atoms with E-state index in [2.05, 4.69) is 27.1 Å². The van der Waals surface area contributed by atoms with E-state index in [4.69, 9.17) is 0 Å². The fourth-order valence-electron chi connectivity index (χ4n) is 2.88. The lowest BCUT2D eigenvalue weighted by atomic mass is 9.99. The van der Waals surface area contributed by atoms with Gasteiger partial charge in [0.25, 0.3) is 0 Å². The Bertz CT molecular complexity index is 783. The van der Waals surface area contributed by atoms with Crippen molar-refractivity contribution in [3.05, 3.63) is 64.1 Å². The summed E-state index contributed by atoms with van der Waals surface area (Å²) in [4.78, 5) is 0. The maximum absolute atomic E-state index is 10.2. The van der Waals surface area contributed by atoms with Crippen LogP contribution in [0.15, 0.2) is 58.1 Å². The van der Waals surface area contributed by atoms with Gasteiger partial charge in [0, 0.05) is 22.2 Å². The standard InChI is InChI=1S/C18H16BrN3O/c1-12-9-16(13-5-3-2-4-6-13)22(21-12)17(11-20)15-8-7-14(19)10-18(15)23/h2-8,10,16-17,23H,9H2,1H3. The normalized spacial score (nSPS) is 18.4. The molecule has 1 N–H and O–H groups in total. The second-order valence-electron chi connectivity index (χ2n) is 5.58. The van der Waals surface area contributed by atoms with Crippen LogP contribution in [0.25, 0.3) is 0 Å². The number of nitrogens with zero attached hydrogens (tertiary/aromatic N) is 3. The van der Waals surface area contributed by atoms with Gasteiger partial charge >= 0.3 is 0 Å². The van der Waals surface area contributed by atoms with Crippen LogP contribution in [0.3, 0.4) is 0 Å². The lowest BCUT2D eigenvalue weighted by Gasteiger charge is -2.28. The molecule has 2 aromatic carbocycles. The summed E-state index contributed by atoms with van der Waals surface area (Å²) in [6, 6.07) is 16.9. The predicted molar refractivity (Wildman–Crippen MR) is 92.9 cm³/mol. The molecule has 0 spiro atoms. The second kappa shape index (κ2) is 6.43. The summed E-state index contributed by atoms with van der Waals surface area (Å²) in [5, 5.41) is 26.3. The Morgan fingerprint density at radius 3 is 2.70 bits per heavy atom. The average molecular weight is 370 g/mol. The summed E-state index contributed by atoms with van der Waals surface area (Å²) in [5.74, 6) is 0.0949. The molecule has 116 valence electrons. The molecule has 0 aliphatic carbocycles. The van der Waals surface area contributed by atoms with Gasteiger partial charge in [0.05, 0.1) is 12.1 Å². The van der Waals surface area contributed by atoms with Crippen LogP contribution in [-0.2, 0) is 0 Å². The molecule has 1 heterocycles. The monoisotopic (exact) mass is 369 g/mol. The first kappa shape index (κ1) is 15.6. The third-order valence-electron chi connectivity index (χ3n) is 3.95. The van der Waals surface area contributed by atoms with E-state index >= 15 is 0 Å². The number of halogens is 1.